The minimum Gasteiger partial charge on any atom is -0.467 e. The number of nitrogens with one attached hydrogen (secondary N) is 1. The number of halogens is 4. The molecule has 14 heteroatoms. The number of anilines is 1. The first kappa shape index (κ1) is 27.4. The number of alkyl halides is 4. The molecular formula is C24H28F4N6O4. The van der Waals surface area contributed by atoms with Crippen molar-refractivity contribution in [3.63, 3.8) is 0 Å². The third kappa shape index (κ3) is 6.23. The zero-order valence-electron chi connectivity index (χ0n) is 21.3. The molecule has 3 aromatic rings. The van der Waals surface area contributed by atoms with Gasteiger partial charge in [-0.25, -0.2) is 9.18 Å². The van der Waals surface area contributed by atoms with Crippen molar-refractivity contribution in [2.24, 2.45) is 0 Å². The van der Waals surface area contributed by atoms with Gasteiger partial charge in [0.25, 0.3) is 0 Å². The summed E-state index contributed by atoms with van der Waals surface area (Å²) in [6.45, 7) is 4.97. The van der Waals surface area contributed by atoms with Gasteiger partial charge in [-0.2, -0.15) is 22.8 Å². The number of likely N-dealkylation sites (tertiary alicyclic amines) is 1. The van der Waals surface area contributed by atoms with Crippen LogP contribution >= 0.6 is 0 Å². The van der Waals surface area contributed by atoms with Gasteiger partial charge in [-0.3, -0.25) is 0 Å². The summed E-state index contributed by atoms with van der Waals surface area (Å²) in [7, 11) is 1.35. The van der Waals surface area contributed by atoms with Crippen molar-refractivity contribution in [1.29, 1.82) is 0 Å². The van der Waals surface area contributed by atoms with Crippen molar-refractivity contribution in [2.75, 3.05) is 32.3 Å². The van der Waals surface area contributed by atoms with Gasteiger partial charge in [0.2, 0.25) is 5.95 Å². The molecule has 3 heterocycles. The highest BCUT2D eigenvalue weighted by Crippen LogP contribution is 2.38. The van der Waals surface area contributed by atoms with Gasteiger partial charge in [-0.1, -0.05) is 0 Å². The molecule has 0 aliphatic carbocycles. The molecule has 4 rings (SSSR count). The van der Waals surface area contributed by atoms with Crippen LogP contribution in [-0.2, 0) is 15.7 Å². The highest BCUT2D eigenvalue weighted by atomic mass is 19.4. The molecule has 1 saturated heterocycles. The molecule has 38 heavy (non-hydrogen) atoms. The molecule has 2 atom stereocenters. The summed E-state index contributed by atoms with van der Waals surface area (Å²) in [5.41, 5.74) is -0.736. The van der Waals surface area contributed by atoms with Gasteiger partial charge in [0, 0.05) is 31.7 Å². The maximum absolute atomic E-state index is 14.5. The normalized spacial score (nSPS) is 18.5. The summed E-state index contributed by atoms with van der Waals surface area (Å²) >= 11 is 0. The number of amides is 1. The topological polar surface area (TPSA) is 103 Å². The molecule has 1 aliphatic heterocycles. The molecule has 1 amide bonds. The van der Waals surface area contributed by atoms with Crippen molar-refractivity contribution < 1.29 is 36.6 Å². The van der Waals surface area contributed by atoms with Crippen LogP contribution in [0.1, 0.15) is 32.8 Å². The first-order chi connectivity index (χ1) is 17.9. The molecule has 10 nitrogen and oxygen atoms in total. The Balaban J connectivity index is 1.63. The van der Waals surface area contributed by atoms with E-state index in [4.69, 9.17) is 14.2 Å². The standard InChI is InChI=1S/C24H28F4N6O4/c1-23(2,3)38-22(35)33-11-15(25)10-16(12-33)30-21-32-31-20(18-7-8-29-34(18)21)17-6-5-14(24(26,27)28)9-19(17)37-13-36-4/h5-9,15-16H,10-13H2,1-4H3,(H,30,32)/t15-,16-/m1/s1. The van der Waals surface area contributed by atoms with Crippen molar-refractivity contribution >= 4 is 17.6 Å². The summed E-state index contributed by atoms with van der Waals surface area (Å²) in [5, 5.41) is 15.7. The van der Waals surface area contributed by atoms with E-state index in [-0.39, 0.29) is 49.3 Å². The minimum absolute atomic E-state index is 0.0902. The van der Waals surface area contributed by atoms with E-state index in [9.17, 15) is 22.4 Å². The number of ether oxygens (including phenoxy) is 3. The lowest BCUT2D eigenvalue weighted by molar-refractivity contribution is -0.137. The summed E-state index contributed by atoms with van der Waals surface area (Å²) in [6.07, 6.45) is -4.90. The molecule has 206 valence electrons. The van der Waals surface area contributed by atoms with Crippen LogP contribution in [0.15, 0.2) is 30.5 Å². The Labute approximate surface area is 215 Å². The number of benzene rings is 1. The molecule has 1 aromatic carbocycles. The summed E-state index contributed by atoms with van der Waals surface area (Å²) in [5.74, 6) is 0.0728. The first-order valence-corrected chi connectivity index (χ1v) is 11.8. The highest BCUT2D eigenvalue weighted by molar-refractivity contribution is 5.81. The zero-order chi connectivity index (χ0) is 27.7. The second kappa shape index (κ2) is 10.6. The second-order valence-corrected chi connectivity index (χ2v) is 9.82. The van der Waals surface area contributed by atoms with E-state index in [0.29, 0.717) is 5.52 Å². The quantitative estimate of drug-likeness (QED) is 0.359. The number of fused-ring (bicyclic) bond motifs is 1. The van der Waals surface area contributed by atoms with E-state index in [1.807, 2.05) is 0 Å². The first-order valence-electron chi connectivity index (χ1n) is 11.8. The molecule has 0 spiro atoms. The lowest BCUT2D eigenvalue weighted by atomic mass is 10.0. The summed E-state index contributed by atoms with van der Waals surface area (Å²) in [6, 6.07) is 4.11. The van der Waals surface area contributed by atoms with Crippen molar-refractivity contribution in [2.45, 2.75) is 51.2 Å². The molecule has 1 aliphatic rings. The number of carbonyl (C=O) groups is 1. The van der Waals surface area contributed by atoms with Crippen LogP contribution in [-0.4, -0.2) is 75.6 Å². The lowest BCUT2D eigenvalue weighted by Crippen LogP contribution is -2.51. The largest absolute Gasteiger partial charge is 0.467 e. The van der Waals surface area contributed by atoms with Crippen molar-refractivity contribution in [3.05, 3.63) is 36.0 Å². The number of rotatable bonds is 6. The zero-order valence-corrected chi connectivity index (χ0v) is 21.3. The molecule has 1 N–H and O–H groups in total. The number of hydrogen-bond acceptors (Lipinski definition) is 8. The number of hydrogen-bond donors (Lipinski definition) is 1. The maximum Gasteiger partial charge on any atom is 0.416 e. The fourth-order valence-electron chi connectivity index (χ4n) is 4.06. The van der Waals surface area contributed by atoms with Crippen LogP contribution in [0.3, 0.4) is 0 Å². The SMILES string of the molecule is COCOc1cc(C(F)(F)F)ccc1-c1nnc(N[C@@H]2C[C@@H](F)CN(C(=O)OC(C)(C)C)C2)n2nccc12. The van der Waals surface area contributed by atoms with Crippen LogP contribution in [0.25, 0.3) is 16.8 Å². The van der Waals surface area contributed by atoms with Gasteiger partial charge in [-0.05, 0) is 45.0 Å². The van der Waals surface area contributed by atoms with Crippen molar-refractivity contribution in [1.82, 2.24) is 24.7 Å². The number of nitrogens with zero attached hydrogens (tertiary/aromatic N) is 5. The number of methoxy groups -OCH3 is 1. The van der Waals surface area contributed by atoms with Crippen LogP contribution in [0.4, 0.5) is 28.3 Å². The number of carbonyl (C=O) groups excluding carboxylic acids is 1. The number of piperidine rings is 1. The molecule has 0 radical (unpaired) electrons. The molecule has 0 saturated carbocycles. The van der Waals surface area contributed by atoms with Gasteiger partial charge < -0.3 is 24.4 Å². The number of aromatic nitrogens is 4. The summed E-state index contributed by atoms with van der Waals surface area (Å²) in [4.78, 5) is 13.8. The Kier molecular flexibility index (Phi) is 7.63. The Morgan fingerprint density at radius 3 is 2.61 bits per heavy atom. The predicted octanol–water partition coefficient (Wildman–Crippen LogP) is 4.55. The smallest absolute Gasteiger partial charge is 0.416 e. The average Bonchev–Trinajstić information content (AvgIpc) is 3.31. The van der Waals surface area contributed by atoms with E-state index in [2.05, 4.69) is 20.6 Å². The molecule has 1 fully saturated rings. The Bertz CT molecular complexity index is 1290. The van der Waals surface area contributed by atoms with Gasteiger partial charge >= 0.3 is 12.3 Å². The Morgan fingerprint density at radius 1 is 1.16 bits per heavy atom. The van der Waals surface area contributed by atoms with Crippen LogP contribution in [0.5, 0.6) is 5.75 Å². The van der Waals surface area contributed by atoms with Gasteiger partial charge in [0.05, 0.1) is 23.8 Å². The lowest BCUT2D eigenvalue weighted by Gasteiger charge is -2.36. The van der Waals surface area contributed by atoms with Gasteiger partial charge in [0.15, 0.2) is 6.79 Å². The fraction of sp³-hybridized carbons (Fsp3) is 0.500. The van der Waals surface area contributed by atoms with Gasteiger partial charge in [-0.15, -0.1) is 10.2 Å². The Morgan fingerprint density at radius 2 is 1.92 bits per heavy atom. The Hall–Kier alpha value is -3.68. The monoisotopic (exact) mass is 540 g/mol. The molecule has 0 unspecified atom stereocenters. The summed E-state index contributed by atoms with van der Waals surface area (Å²) < 4.78 is 71.5. The fourth-order valence-corrected chi connectivity index (χ4v) is 4.06. The predicted molar refractivity (Wildman–Crippen MR) is 128 cm³/mol. The van der Waals surface area contributed by atoms with E-state index < -0.39 is 35.6 Å². The third-order valence-corrected chi connectivity index (χ3v) is 5.61. The highest BCUT2D eigenvalue weighted by Gasteiger charge is 2.34. The average molecular weight is 541 g/mol. The molecule has 0 bridgehead atoms. The van der Waals surface area contributed by atoms with E-state index in [1.165, 1.54) is 28.8 Å². The molecule has 2 aromatic heterocycles. The van der Waals surface area contributed by atoms with Crippen LogP contribution in [0.2, 0.25) is 0 Å². The molecular weight excluding hydrogens is 512 g/mol. The van der Waals surface area contributed by atoms with Gasteiger partial charge in [0.1, 0.15) is 23.2 Å². The van der Waals surface area contributed by atoms with E-state index in [1.54, 1.807) is 26.8 Å². The maximum atomic E-state index is 14.5. The van der Waals surface area contributed by atoms with Crippen molar-refractivity contribution in [3.8, 4) is 17.0 Å². The van der Waals surface area contributed by atoms with E-state index in [0.717, 1.165) is 12.1 Å². The van der Waals surface area contributed by atoms with Crippen LogP contribution < -0.4 is 10.1 Å². The second-order valence-electron chi connectivity index (χ2n) is 9.82. The van der Waals surface area contributed by atoms with Crippen LogP contribution in [0, 0.1) is 0 Å². The van der Waals surface area contributed by atoms with E-state index >= 15 is 0 Å². The third-order valence-electron chi connectivity index (χ3n) is 5.61. The minimum atomic E-state index is -4.57.